The summed E-state index contributed by atoms with van der Waals surface area (Å²) >= 11 is 0. The van der Waals surface area contributed by atoms with Crippen molar-refractivity contribution in [3.8, 4) is 11.1 Å². The summed E-state index contributed by atoms with van der Waals surface area (Å²) < 4.78 is 5.97. The highest BCUT2D eigenvalue weighted by Gasteiger charge is 2.41. The van der Waals surface area contributed by atoms with Crippen LogP contribution >= 0.6 is 0 Å². The van der Waals surface area contributed by atoms with Gasteiger partial charge in [-0.15, -0.1) is 0 Å². The van der Waals surface area contributed by atoms with Crippen LogP contribution in [-0.4, -0.2) is 34.7 Å². The molecule has 2 aromatic carbocycles. The lowest BCUT2D eigenvalue weighted by Crippen LogP contribution is -2.43. The Morgan fingerprint density at radius 2 is 1.64 bits per heavy atom. The number of carbonyl (C=O) groups excluding carboxylic acids is 1. The van der Waals surface area contributed by atoms with Gasteiger partial charge in [0.15, 0.2) is 0 Å². The van der Waals surface area contributed by atoms with Crippen LogP contribution in [0.25, 0.3) is 11.1 Å². The van der Waals surface area contributed by atoms with Crippen LogP contribution in [0.1, 0.15) is 48.4 Å². The van der Waals surface area contributed by atoms with Crippen LogP contribution in [0.3, 0.4) is 0 Å². The van der Waals surface area contributed by atoms with Crippen LogP contribution in [0.5, 0.6) is 0 Å². The van der Waals surface area contributed by atoms with E-state index in [1.807, 2.05) is 23.2 Å². The first kappa shape index (κ1) is 20.2. The van der Waals surface area contributed by atoms with Gasteiger partial charge in [0, 0.05) is 23.9 Å². The van der Waals surface area contributed by atoms with Gasteiger partial charge in [0.2, 0.25) is 0 Å². The van der Waals surface area contributed by atoms with Gasteiger partial charge in [-0.2, -0.15) is 0 Å². The Bertz CT molecular complexity index is 1160. The third-order valence-corrected chi connectivity index (χ3v) is 7.45. The Hall–Kier alpha value is -3.40. The molecule has 1 aliphatic carbocycles. The number of aryl methyl sites for hydroxylation is 1. The number of hydrogen-bond donors (Lipinski definition) is 0. The fraction of sp³-hybridized carbons (Fsp3) is 0.310. The van der Waals surface area contributed by atoms with Crippen molar-refractivity contribution in [2.45, 2.75) is 50.1 Å². The summed E-state index contributed by atoms with van der Waals surface area (Å²) in [5, 5.41) is 0. The first-order valence-corrected chi connectivity index (χ1v) is 12.0. The standard InChI is InChI=1S/C29H28N2O2/c32-29(33-19-28-26-10-3-1-8-24(26)25-9-2-4-11-27(25)28)31-22-14-15-23(31)18-20(17-22)12-13-21-7-5-6-16-30-21/h1-11,16-17,22-23,28H,12-15,18-19H2. The Morgan fingerprint density at radius 1 is 0.909 bits per heavy atom. The Labute approximate surface area is 194 Å². The zero-order valence-electron chi connectivity index (χ0n) is 18.7. The van der Waals surface area contributed by atoms with E-state index in [-0.39, 0.29) is 24.1 Å². The van der Waals surface area contributed by atoms with Gasteiger partial charge in [0.05, 0.1) is 6.04 Å². The molecule has 3 aliphatic rings. The van der Waals surface area contributed by atoms with Gasteiger partial charge in [-0.25, -0.2) is 4.79 Å². The summed E-state index contributed by atoms with van der Waals surface area (Å²) in [5.41, 5.74) is 7.61. The molecule has 0 N–H and O–H groups in total. The van der Waals surface area contributed by atoms with Crippen LogP contribution in [0.2, 0.25) is 0 Å². The van der Waals surface area contributed by atoms with E-state index >= 15 is 0 Å². The molecule has 166 valence electrons. The highest BCUT2D eigenvalue weighted by molar-refractivity contribution is 5.79. The topological polar surface area (TPSA) is 42.4 Å². The number of hydrogen-bond acceptors (Lipinski definition) is 3. The minimum atomic E-state index is -0.163. The average molecular weight is 437 g/mol. The number of ether oxygens (including phenoxy) is 1. The van der Waals surface area contributed by atoms with Crippen LogP contribution in [0.4, 0.5) is 4.79 Å². The van der Waals surface area contributed by atoms with Crippen LogP contribution in [0, 0.1) is 0 Å². The molecule has 0 spiro atoms. The molecule has 2 aliphatic heterocycles. The quantitative estimate of drug-likeness (QED) is 0.452. The fourth-order valence-electron chi connectivity index (χ4n) is 5.89. The van der Waals surface area contributed by atoms with Gasteiger partial charge >= 0.3 is 6.09 Å². The zero-order valence-corrected chi connectivity index (χ0v) is 18.7. The molecular weight excluding hydrogens is 408 g/mol. The second kappa shape index (κ2) is 8.51. The molecular formula is C29H28N2O2. The first-order chi connectivity index (χ1) is 16.3. The average Bonchev–Trinajstić information content (AvgIpc) is 3.33. The summed E-state index contributed by atoms with van der Waals surface area (Å²) in [6.45, 7) is 0.388. The monoisotopic (exact) mass is 436 g/mol. The Balaban J connectivity index is 1.13. The van der Waals surface area contributed by atoms with E-state index in [1.165, 1.54) is 27.8 Å². The number of pyridine rings is 1. The normalized spacial score (nSPS) is 20.8. The van der Waals surface area contributed by atoms with Crippen molar-refractivity contribution < 1.29 is 9.53 Å². The molecule has 1 amide bonds. The molecule has 6 rings (SSSR count). The molecule has 3 aromatic rings. The number of fused-ring (bicyclic) bond motifs is 5. The van der Waals surface area contributed by atoms with E-state index in [1.54, 1.807) is 0 Å². The number of aromatic nitrogens is 1. The summed E-state index contributed by atoms with van der Waals surface area (Å²) in [5.74, 6) is 0.105. The molecule has 2 unspecified atom stereocenters. The number of nitrogens with zero attached hydrogens (tertiary/aromatic N) is 2. The highest BCUT2D eigenvalue weighted by atomic mass is 16.6. The number of benzene rings is 2. The maximum atomic E-state index is 13.2. The van der Waals surface area contributed by atoms with Gasteiger partial charge in [-0.1, -0.05) is 66.2 Å². The smallest absolute Gasteiger partial charge is 0.410 e. The van der Waals surface area contributed by atoms with Crippen LogP contribution in [0.15, 0.2) is 84.6 Å². The largest absolute Gasteiger partial charge is 0.448 e. The number of amides is 1. The molecule has 1 fully saturated rings. The number of carbonyl (C=O) groups is 1. The minimum absolute atomic E-state index is 0.105. The van der Waals surface area contributed by atoms with Crippen molar-refractivity contribution in [3.63, 3.8) is 0 Å². The summed E-state index contributed by atoms with van der Waals surface area (Å²) in [6, 6.07) is 23.5. The summed E-state index contributed by atoms with van der Waals surface area (Å²) in [4.78, 5) is 19.6. The van der Waals surface area contributed by atoms with Crippen molar-refractivity contribution in [2.75, 3.05) is 6.61 Å². The number of rotatable bonds is 5. The zero-order chi connectivity index (χ0) is 22.2. The van der Waals surface area contributed by atoms with Gasteiger partial charge in [-0.3, -0.25) is 9.88 Å². The van der Waals surface area contributed by atoms with Gasteiger partial charge in [0.1, 0.15) is 6.61 Å². The van der Waals surface area contributed by atoms with E-state index in [4.69, 9.17) is 4.74 Å². The second-order valence-electron chi connectivity index (χ2n) is 9.36. The van der Waals surface area contributed by atoms with Crippen molar-refractivity contribution in [1.82, 2.24) is 9.88 Å². The third kappa shape index (κ3) is 3.74. The van der Waals surface area contributed by atoms with Crippen molar-refractivity contribution >= 4 is 6.09 Å². The van der Waals surface area contributed by atoms with Crippen molar-refractivity contribution in [1.29, 1.82) is 0 Å². The van der Waals surface area contributed by atoms with E-state index in [0.717, 1.165) is 37.8 Å². The van der Waals surface area contributed by atoms with Crippen LogP contribution < -0.4 is 0 Å². The van der Waals surface area contributed by atoms with Gasteiger partial charge in [-0.05, 0) is 66.5 Å². The predicted molar refractivity (Wildman–Crippen MR) is 129 cm³/mol. The lowest BCUT2D eigenvalue weighted by atomic mass is 9.96. The van der Waals surface area contributed by atoms with Crippen LogP contribution in [-0.2, 0) is 11.2 Å². The molecule has 3 heterocycles. The van der Waals surface area contributed by atoms with E-state index < -0.39 is 0 Å². The van der Waals surface area contributed by atoms with E-state index in [0.29, 0.717) is 6.61 Å². The molecule has 33 heavy (non-hydrogen) atoms. The van der Waals surface area contributed by atoms with E-state index in [2.05, 4.69) is 65.7 Å². The maximum Gasteiger partial charge on any atom is 0.410 e. The molecule has 4 nitrogen and oxygen atoms in total. The van der Waals surface area contributed by atoms with Gasteiger partial charge < -0.3 is 4.74 Å². The maximum absolute atomic E-state index is 13.2. The van der Waals surface area contributed by atoms with Crippen molar-refractivity contribution in [3.05, 3.63) is 101 Å². The SMILES string of the molecule is O=C(OCC1c2ccccc2-c2ccccc21)N1C2C=C(CCc3ccccn3)CC1CC2. The molecule has 4 heteroatoms. The Morgan fingerprint density at radius 3 is 2.33 bits per heavy atom. The highest BCUT2D eigenvalue weighted by Crippen LogP contribution is 2.45. The molecule has 0 saturated carbocycles. The van der Waals surface area contributed by atoms with E-state index in [9.17, 15) is 4.79 Å². The molecule has 2 bridgehead atoms. The predicted octanol–water partition coefficient (Wildman–Crippen LogP) is 6.13. The van der Waals surface area contributed by atoms with Crippen molar-refractivity contribution in [2.24, 2.45) is 0 Å². The summed E-state index contributed by atoms with van der Waals surface area (Å²) in [6.07, 6.45) is 9.01. The molecule has 0 radical (unpaired) electrons. The first-order valence-electron chi connectivity index (χ1n) is 12.0. The second-order valence-corrected chi connectivity index (χ2v) is 9.36. The minimum Gasteiger partial charge on any atom is -0.448 e. The lowest BCUT2D eigenvalue weighted by Gasteiger charge is -2.33. The molecule has 1 aromatic heterocycles. The Kier molecular flexibility index (Phi) is 5.21. The lowest BCUT2D eigenvalue weighted by molar-refractivity contribution is 0.0849. The molecule has 2 atom stereocenters. The fourth-order valence-corrected chi connectivity index (χ4v) is 5.89. The molecule has 1 saturated heterocycles. The van der Waals surface area contributed by atoms with Gasteiger partial charge in [0.25, 0.3) is 0 Å². The third-order valence-electron chi connectivity index (χ3n) is 7.45. The summed E-state index contributed by atoms with van der Waals surface area (Å²) in [7, 11) is 0.